The van der Waals surface area contributed by atoms with Gasteiger partial charge < -0.3 is 4.42 Å². The van der Waals surface area contributed by atoms with Gasteiger partial charge in [-0.1, -0.05) is 24.3 Å². The highest BCUT2D eigenvalue weighted by Crippen LogP contribution is 2.32. The molecule has 1 fully saturated rings. The number of piperidine rings is 1. The predicted octanol–water partition coefficient (Wildman–Crippen LogP) is 3.37. The Morgan fingerprint density at radius 3 is 2.72 bits per heavy atom. The standard InChI is InChI=1S/C17H17N3O3S2/c21-25(22,14-7-2-1-3-8-14)20-10-4-6-13(12-20)16-18-19-17(23-16)15-9-5-11-24-15/h1-3,5,7-9,11,13H,4,6,10,12H2/t13-/m0/s1. The molecule has 1 saturated heterocycles. The van der Waals surface area contributed by atoms with Crippen molar-refractivity contribution in [2.24, 2.45) is 0 Å². The highest BCUT2D eigenvalue weighted by Gasteiger charge is 2.33. The fourth-order valence-corrected chi connectivity index (χ4v) is 5.19. The first-order chi connectivity index (χ1) is 12.1. The van der Waals surface area contributed by atoms with Crippen LogP contribution in [0.3, 0.4) is 0 Å². The minimum atomic E-state index is -3.49. The van der Waals surface area contributed by atoms with Gasteiger partial charge in [0.05, 0.1) is 15.7 Å². The number of aromatic nitrogens is 2. The quantitative estimate of drug-likeness (QED) is 0.699. The maximum Gasteiger partial charge on any atom is 0.257 e. The lowest BCUT2D eigenvalue weighted by atomic mass is 10.00. The van der Waals surface area contributed by atoms with Crippen LogP contribution in [0.2, 0.25) is 0 Å². The van der Waals surface area contributed by atoms with Crippen LogP contribution < -0.4 is 0 Å². The SMILES string of the molecule is O=S(=O)(c1ccccc1)N1CCC[C@H](c2nnc(-c3cccs3)o2)C1. The van der Waals surface area contributed by atoms with E-state index in [0.29, 0.717) is 29.8 Å². The van der Waals surface area contributed by atoms with Crippen molar-refractivity contribution in [3.63, 3.8) is 0 Å². The molecule has 2 aromatic heterocycles. The fourth-order valence-electron chi connectivity index (χ4n) is 3.00. The van der Waals surface area contributed by atoms with Gasteiger partial charge in [0, 0.05) is 13.1 Å². The Morgan fingerprint density at radius 2 is 1.96 bits per heavy atom. The highest BCUT2D eigenvalue weighted by atomic mass is 32.2. The second-order valence-corrected chi connectivity index (χ2v) is 8.82. The first-order valence-corrected chi connectivity index (χ1v) is 10.4. The Hall–Kier alpha value is -2.03. The van der Waals surface area contributed by atoms with Gasteiger partial charge in [-0.15, -0.1) is 21.5 Å². The Labute approximate surface area is 150 Å². The lowest BCUT2D eigenvalue weighted by Gasteiger charge is -2.30. The van der Waals surface area contributed by atoms with E-state index in [4.69, 9.17) is 4.42 Å². The molecular weight excluding hydrogens is 358 g/mol. The van der Waals surface area contributed by atoms with E-state index >= 15 is 0 Å². The zero-order chi connectivity index (χ0) is 17.3. The molecule has 1 aromatic carbocycles. The summed E-state index contributed by atoms with van der Waals surface area (Å²) in [5.74, 6) is 0.929. The second-order valence-electron chi connectivity index (χ2n) is 5.94. The third-order valence-electron chi connectivity index (χ3n) is 4.29. The normalized spacial score (nSPS) is 19.1. The van der Waals surface area contributed by atoms with E-state index in [1.165, 1.54) is 15.6 Å². The Bertz CT molecular complexity index is 937. The molecule has 4 rings (SSSR count). The first kappa shape index (κ1) is 16.4. The number of hydrogen-bond acceptors (Lipinski definition) is 6. The molecule has 8 heteroatoms. The summed E-state index contributed by atoms with van der Waals surface area (Å²) < 4.78 is 33.0. The zero-order valence-electron chi connectivity index (χ0n) is 13.4. The van der Waals surface area contributed by atoms with Gasteiger partial charge in [-0.3, -0.25) is 0 Å². The average molecular weight is 375 g/mol. The van der Waals surface area contributed by atoms with Crippen molar-refractivity contribution < 1.29 is 12.8 Å². The van der Waals surface area contributed by atoms with E-state index in [2.05, 4.69) is 10.2 Å². The molecule has 0 N–H and O–H groups in total. The molecule has 130 valence electrons. The van der Waals surface area contributed by atoms with Crippen LogP contribution in [0.4, 0.5) is 0 Å². The van der Waals surface area contributed by atoms with Crippen molar-refractivity contribution in [1.82, 2.24) is 14.5 Å². The van der Waals surface area contributed by atoms with Gasteiger partial charge in [-0.2, -0.15) is 4.31 Å². The first-order valence-electron chi connectivity index (χ1n) is 8.07. The van der Waals surface area contributed by atoms with E-state index in [9.17, 15) is 8.42 Å². The van der Waals surface area contributed by atoms with Gasteiger partial charge in [0.15, 0.2) is 0 Å². The number of hydrogen-bond donors (Lipinski definition) is 0. The highest BCUT2D eigenvalue weighted by molar-refractivity contribution is 7.89. The zero-order valence-corrected chi connectivity index (χ0v) is 15.0. The van der Waals surface area contributed by atoms with Crippen molar-refractivity contribution >= 4 is 21.4 Å². The third-order valence-corrected chi connectivity index (χ3v) is 7.02. The van der Waals surface area contributed by atoms with E-state index in [-0.39, 0.29) is 5.92 Å². The summed E-state index contributed by atoms with van der Waals surface area (Å²) in [7, 11) is -3.49. The van der Waals surface area contributed by atoms with Crippen molar-refractivity contribution in [1.29, 1.82) is 0 Å². The largest absolute Gasteiger partial charge is 0.420 e. The van der Waals surface area contributed by atoms with Crippen molar-refractivity contribution in [3.8, 4) is 10.8 Å². The molecule has 0 saturated carbocycles. The monoisotopic (exact) mass is 375 g/mol. The molecule has 0 spiro atoms. The topological polar surface area (TPSA) is 76.3 Å². The fraction of sp³-hybridized carbons (Fsp3) is 0.294. The van der Waals surface area contributed by atoms with Crippen molar-refractivity contribution in [2.45, 2.75) is 23.7 Å². The Balaban J connectivity index is 1.55. The number of sulfonamides is 1. The Kier molecular flexibility index (Phi) is 4.41. The molecule has 1 atom stereocenters. The summed E-state index contributed by atoms with van der Waals surface area (Å²) in [6, 6.07) is 12.4. The van der Waals surface area contributed by atoms with Crippen molar-refractivity contribution in [3.05, 3.63) is 53.7 Å². The maximum absolute atomic E-state index is 12.8. The molecule has 1 aliphatic heterocycles. The Morgan fingerprint density at radius 1 is 1.12 bits per heavy atom. The van der Waals surface area contributed by atoms with Gasteiger partial charge in [-0.05, 0) is 36.4 Å². The molecule has 3 heterocycles. The molecule has 0 unspecified atom stereocenters. The van der Waals surface area contributed by atoms with E-state index in [0.717, 1.165) is 17.7 Å². The molecular formula is C17H17N3O3S2. The molecule has 3 aromatic rings. The van der Waals surface area contributed by atoms with Gasteiger partial charge >= 0.3 is 0 Å². The predicted molar refractivity (Wildman–Crippen MR) is 94.8 cm³/mol. The summed E-state index contributed by atoms with van der Waals surface area (Å²) in [6.45, 7) is 0.878. The summed E-state index contributed by atoms with van der Waals surface area (Å²) in [4.78, 5) is 1.24. The molecule has 0 amide bonds. The summed E-state index contributed by atoms with van der Waals surface area (Å²) in [6.07, 6.45) is 1.61. The van der Waals surface area contributed by atoms with Crippen LogP contribution in [0, 0.1) is 0 Å². The summed E-state index contributed by atoms with van der Waals surface area (Å²) >= 11 is 1.54. The number of rotatable bonds is 4. The molecule has 0 aliphatic carbocycles. The van der Waals surface area contributed by atoms with E-state index in [1.807, 2.05) is 23.6 Å². The van der Waals surface area contributed by atoms with E-state index in [1.54, 1.807) is 24.3 Å². The molecule has 1 aliphatic rings. The van der Waals surface area contributed by atoms with Crippen LogP contribution in [0.25, 0.3) is 10.8 Å². The van der Waals surface area contributed by atoms with Crippen LogP contribution in [0.1, 0.15) is 24.7 Å². The van der Waals surface area contributed by atoms with E-state index < -0.39 is 10.0 Å². The second kappa shape index (κ2) is 6.70. The minimum absolute atomic E-state index is 0.0755. The smallest absolute Gasteiger partial charge is 0.257 e. The lowest BCUT2D eigenvalue weighted by molar-refractivity contribution is 0.286. The minimum Gasteiger partial charge on any atom is -0.420 e. The summed E-state index contributed by atoms with van der Waals surface area (Å²) in [5.41, 5.74) is 0. The summed E-state index contributed by atoms with van der Waals surface area (Å²) in [5, 5.41) is 10.2. The average Bonchev–Trinajstić information content (AvgIpc) is 3.34. The van der Waals surface area contributed by atoms with Gasteiger partial charge in [-0.25, -0.2) is 8.42 Å². The van der Waals surface area contributed by atoms with Gasteiger partial charge in [0.25, 0.3) is 5.89 Å². The van der Waals surface area contributed by atoms with Crippen LogP contribution in [0.15, 0.2) is 57.2 Å². The molecule has 0 radical (unpaired) electrons. The number of thiophene rings is 1. The molecule has 0 bridgehead atoms. The van der Waals surface area contributed by atoms with Crippen LogP contribution >= 0.6 is 11.3 Å². The van der Waals surface area contributed by atoms with Crippen LogP contribution in [0.5, 0.6) is 0 Å². The van der Waals surface area contributed by atoms with Crippen molar-refractivity contribution in [2.75, 3.05) is 13.1 Å². The molecule has 6 nitrogen and oxygen atoms in total. The van der Waals surface area contributed by atoms with Gasteiger partial charge in [0.1, 0.15) is 0 Å². The molecule has 25 heavy (non-hydrogen) atoms. The van der Waals surface area contributed by atoms with Crippen LogP contribution in [-0.4, -0.2) is 36.0 Å². The number of nitrogens with zero attached hydrogens (tertiary/aromatic N) is 3. The lowest BCUT2D eigenvalue weighted by Crippen LogP contribution is -2.39. The van der Waals surface area contributed by atoms with Crippen LogP contribution in [-0.2, 0) is 10.0 Å². The van der Waals surface area contributed by atoms with Gasteiger partial charge in [0.2, 0.25) is 15.9 Å². The third kappa shape index (κ3) is 3.24. The number of benzene rings is 1. The maximum atomic E-state index is 12.8.